The van der Waals surface area contributed by atoms with E-state index in [9.17, 15) is 9.59 Å². The molecule has 0 bridgehead atoms. The summed E-state index contributed by atoms with van der Waals surface area (Å²) in [5.41, 5.74) is 4.55. The summed E-state index contributed by atoms with van der Waals surface area (Å²) >= 11 is 6.64. The van der Waals surface area contributed by atoms with E-state index in [-0.39, 0.29) is 0 Å². The van der Waals surface area contributed by atoms with Crippen LogP contribution in [0.1, 0.15) is 23.7 Å². The number of ketones is 1. The van der Waals surface area contributed by atoms with E-state index in [2.05, 4.69) is 15.5 Å². The number of carbonyl (C=O) groups excluding carboxylic acids is 2. The third-order valence-electron chi connectivity index (χ3n) is 4.68. The Balaban J connectivity index is 1.76. The zero-order valence-corrected chi connectivity index (χ0v) is 14.8. The maximum atomic E-state index is 12.9. The first-order chi connectivity index (χ1) is 12.5. The second kappa shape index (κ2) is 6.11. The molecule has 1 aromatic heterocycles. The molecule has 1 heterocycles. The molecule has 2 N–H and O–H groups in total. The summed E-state index contributed by atoms with van der Waals surface area (Å²) in [5.74, 6) is -1.06. The molecule has 0 saturated heterocycles. The maximum absolute atomic E-state index is 12.9. The molecule has 0 aliphatic heterocycles. The number of rotatable bonds is 4. The van der Waals surface area contributed by atoms with Crippen molar-refractivity contribution in [2.24, 2.45) is 0 Å². The topological polar surface area (TPSA) is 74.8 Å². The highest BCUT2D eigenvalue weighted by atomic mass is 35.5. The molecule has 1 atom stereocenters. The number of Topliss-reactive ketones (excluding diaryl/α,β-unsaturated/α-hetero) is 1. The van der Waals surface area contributed by atoms with Gasteiger partial charge in [0.15, 0.2) is 5.78 Å². The number of para-hydroxylation sites is 1. The number of anilines is 1. The van der Waals surface area contributed by atoms with Gasteiger partial charge < -0.3 is 5.32 Å². The van der Waals surface area contributed by atoms with Gasteiger partial charge in [-0.25, -0.2) is 0 Å². The Morgan fingerprint density at radius 3 is 2.54 bits per heavy atom. The van der Waals surface area contributed by atoms with Crippen LogP contribution in [0.15, 0.2) is 54.6 Å². The van der Waals surface area contributed by atoms with E-state index >= 15 is 0 Å². The molecule has 1 unspecified atom stereocenters. The lowest BCUT2D eigenvalue weighted by molar-refractivity contribution is -0.128. The monoisotopic (exact) mass is 365 g/mol. The number of aromatic amines is 1. The minimum absolute atomic E-state index is 0.339. The summed E-state index contributed by atoms with van der Waals surface area (Å²) < 4.78 is 0. The Morgan fingerprint density at radius 2 is 1.81 bits per heavy atom. The lowest BCUT2D eigenvalue weighted by atomic mass is 9.94. The number of amides is 1. The van der Waals surface area contributed by atoms with Crippen molar-refractivity contribution >= 4 is 29.0 Å². The molecular weight excluding hydrogens is 350 g/mol. The van der Waals surface area contributed by atoms with E-state index in [0.717, 1.165) is 22.4 Å². The van der Waals surface area contributed by atoms with E-state index in [0.29, 0.717) is 17.8 Å². The van der Waals surface area contributed by atoms with Crippen molar-refractivity contribution in [2.45, 2.75) is 18.2 Å². The van der Waals surface area contributed by atoms with Crippen LogP contribution >= 0.6 is 11.6 Å². The lowest BCUT2D eigenvalue weighted by Crippen LogP contribution is -2.42. The fraction of sp³-hybridized carbons (Fsp3) is 0.150. The van der Waals surface area contributed by atoms with Crippen LogP contribution in [0.25, 0.3) is 11.3 Å². The lowest BCUT2D eigenvalue weighted by Gasteiger charge is -2.23. The Morgan fingerprint density at radius 1 is 1.12 bits per heavy atom. The van der Waals surface area contributed by atoms with Gasteiger partial charge in [0, 0.05) is 23.2 Å². The number of hydrogen-bond donors (Lipinski definition) is 2. The molecule has 0 saturated carbocycles. The van der Waals surface area contributed by atoms with Crippen molar-refractivity contribution in [3.63, 3.8) is 0 Å². The average Bonchev–Trinajstić information content (AvgIpc) is 3.21. The smallest absolute Gasteiger partial charge is 0.259 e. The van der Waals surface area contributed by atoms with Crippen LogP contribution in [0.3, 0.4) is 0 Å². The quantitative estimate of drug-likeness (QED) is 0.428. The van der Waals surface area contributed by atoms with Gasteiger partial charge in [-0.15, -0.1) is 0 Å². The molecule has 1 amide bonds. The van der Waals surface area contributed by atoms with Crippen molar-refractivity contribution in [2.75, 3.05) is 5.32 Å². The Bertz CT molecular complexity index is 1010. The highest BCUT2D eigenvalue weighted by Gasteiger charge is 2.48. The van der Waals surface area contributed by atoms with Gasteiger partial charge in [-0.05, 0) is 24.6 Å². The molecule has 2 aromatic carbocycles. The minimum Gasteiger partial charge on any atom is -0.324 e. The van der Waals surface area contributed by atoms with E-state index in [1.807, 2.05) is 30.3 Å². The summed E-state index contributed by atoms with van der Waals surface area (Å²) in [6, 6.07) is 16.8. The summed E-state index contributed by atoms with van der Waals surface area (Å²) in [6.45, 7) is 1.31. The first-order valence-electron chi connectivity index (χ1n) is 8.24. The number of benzene rings is 2. The van der Waals surface area contributed by atoms with E-state index in [4.69, 9.17) is 11.6 Å². The Hall–Kier alpha value is -2.92. The Kier molecular flexibility index (Phi) is 3.89. The number of nitrogens with one attached hydrogen (secondary N) is 2. The molecular formula is C20H16ClN3O2. The van der Waals surface area contributed by atoms with Crippen molar-refractivity contribution in [3.8, 4) is 11.3 Å². The van der Waals surface area contributed by atoms with Gasteiger partial charge >= 0.3 is 0 Å². The number of nitrogens with zero attached hydrogens (tertiary/aromatic N) is 1. The second-order valence-electron chi connectivity index (χ2n) is 6.29. The number of carbonyl (C=O) groups is 2. The number of hydrogen-bond acceptors (Lipinski definition) is 3. The fourth-order valence-electron chi connectivity index (χ4n) is 3.33. The van der Waals surface area contributed by atoms with Crippen molar-refractivity contribution in [3.05, 3.63) is 71.4 Å². The Labute approximate surface area is 155 Å². The van der Waals surface area contributed by atoms with Gasteiger partial charge in [0.2, 0.25) is 4.87 Å². The van der Waals surface area contributed by atoms with Crippen LogP contribution in [-0.4, -0.2) is 21.9 Å². The fourth-order valence-corrected chi connectivity index (χ4v) is 3.53. The van der Waals surface area contributed by atoms with E-state index < -0.39 is 16.6 Å². The van der Waals surface area contributed by atoms with Crippen LogP contribution in [0.4, 0.5) is 5.69 Å². The van der Waals surface area contributed by atoms with Gasteiger partial charge in [0.05, 0.1) is 11.4 Å². The molecule has 3 aromatic rings. The van der Waals surface area contributed by atoms with Gasteiger partial charge in [-0.2, -0.15) is 5.10 Å². The molecule has 1 aliphatic carbocycles. The summed E-state index contributed by atoms with van der Waals surface area (Å²) in [4.78, 5) is 23.5. The van der Waals surface area contributed by atoms with Crippen LogP contribution in [0, 0.1) is 0 Å². The standard InChI is InChI=1S/C20H16ClN3O2/c1-12(25)20(21,19(26)22-14-8-3-2-4-9-14)18-16-11-13-7-5-6-10-15(13)17(16)23-24-18/h2-10H,11H2,1H3,(H,22,26)(H,23,24). The average molecular weight is 366 g/mol. The SMILES string of the molecule is CC(=O)C(Cl)(C(=O)Nc1ccccc1)c1[nH]nc2c1Cc1ccccc1-2. The summed E-state index contributed by atoms with van der Waals surface area (Å²) in [6.07, 6.45) is 0.581. The van der Waals surface area contributed by atoms with E-state index in [1.54, 1.807) is 24.3 Å². The highest BCUT2D eigenvalue weighted by Crippen LogP contribution is 2.42. The molecule has 0 spiro atoms. The van der Waals surface area contributed by atoms with Crippen LogP contribution in [0.2, 0.25) is 0 Å². The van der Waals surface area contributed by atoms with Gasteiger partial charge in [0.25, 0.3) is 5.91 Å². The third-order valence-corrected chi connectivity index (χ3v) is 5.31. The van der Waals surface area contributed by atoms with Gasteiger partial charge in [-0.1, -0.05) is 54.1 Å². The summed E-state index contributed by atoms with van der Waals surface area (Å²) in [5, 5.41) is 9.90. The van der Waals surface area contributed by atoms with E-state index in [1.165, 1.54) is 6.92 Å². The molecule has 130 valence electrons. The van der Waals surface area contributed by atoms with Gasteiger partial charge in [-0.3, -0.25) is 14.7 Å². The zero-order chi connectivity index (χ0) is 18.3. The molecule has 1 aliphatic rings. The first-order valence-corrected chi connectivity index (χ1v) is 8.62. The summed E-state index contributed by atoms with van der Waals surface area (Å²) in [7, 11) is 0. The number of aromatic nitrogens is 2. The first kappa shape index (κ1) is 16.5. The molecule has 0 fully saturated rings. The van der Waals surface area contributed by atoms with Crippen LogP contribution in [0.5, 0.6) is 0 Å². The molecule has 4 rings (SSSR count). The highest BCUT2D eigenvalue weighted by molar-refractivity contribution is 6.47. The number of alkyl halides is 1. The number of halogens is 1. The third kappa shape index (κ3) is 2.44. The predicted molar refractivity (Wildman–Crippen MR) is 100 cm³/mol. The normalized spacial score (nSPS) is 14.2. The zero-order valence-electron chi connectivity index (χ0n) is 14.0. The molecule has 0 radical (unpaired) electrons. The van der Waals surface area contributed by atoms with Crippen molar-refractivity contribution in [1.82, 2.24) is 10.2 Å². The molecule has 6 heteroatoms. The minimum atomic E-state index is -1.86. The molecule has 26 heavy (non-hydrogen) atoms. The van der Waals surface area contributed by atoms with Crippen LogP contribution < -0.4 is 5.32 Å². The van der Waals surface area contributed by atoms with Gasteiger partial charge in [0.1, 0.15) is 0 Å². The van der Waals surface area contributed by atoms with Crippen molar-refractivity contribution in [1.29, 1.82) is 0 Å². The van der Waals surface area contributed by atoms with Crippen LogP contribution in [-0.2, 0) is 20.9 Å². The molecule has 5 nitrogen and oxygen atoms in total. The number of H-pyrrole nitrogens is 1. The number of fused-ring (bicyclic) bond motifs is 3. The predicted octanol–water partition coefficient (Wildman–Crippen LogP) is 3.64. The largest absolute Gasteiger partial charge is 0.324 e. The van der Waals surface area contributed by atoms with Crippen molar-refractivity contribution < 1.29 is 9.59 Å². The second-order valence-corrected chi connectivity index (χ2v) is 6.86. The maximum Gasteiger partial charge on any atom is 0.259 e.